The molecule has 0 aromatic carbocycles. The summed E-state index contributed by atoms with van der Waals surface area (Å²) in [7, 11) is -0.513. The highest BCUT2D eigenvalue weighted by Crippen LogP contribution is 2.36. The SMILES string of the molecule is CC(C)[C@H](NC(=O)OC(C)(C)C)C(=O)NC[C@H]1CCCCN1c1ncc(B2OC(C)(C)C(C)(C)O2)cn1. The zero-order valence-electron chi connectivity index (χ0n) is 23.9. The predicted molar refractivity (Wildman–Crippen MR) is 144 cm³/mol. The molecule has 0 radical (unpaired) electrons. The van der Waals surface area contributed by atoms with Gasteiger partial charge in [0.25, 0.3) is 0 Å². The van der Waals surface area contributed by atoms with Gasteiger partial charge in [-0.05, 0) is 73.6 Å². The summed E-state index contributed by atoms with van der Waals surface area (Å²) in [5.74, 6) is 0.288. The van der Waals surface area contributed by atoms with E-state index in [0.717, 1.165) is 31.3 Å². The lowest BCUT2D eigenvalue weighted by molar-refractivity contribution is -0.124. The smallest absolute Gasteiger partial charge is 0.444 e. The Labute approximate surface area is 221 Å². The van der Waals surface area contributed by atoms with E-state index in [4.69, 9.17) is 14.0 Å². The van der Waals surface area contributed by atoms with E-state index in [1.807, 2.05) is 41.5 Å². The Kier molecular flexibility index (Phi) is 8.79. The second-order valence-corrected chi connectivity index (χ2v) is 12.4. The van der Waals surface area contributed by atoms with E-state index >= 15 is 0 Å². The van der Waals surface area contributed by atoms with E-state index in [0.29, 0.717) is 12.5 Å². The van der Waals surface area contributed by atoms with Crippen molar-refractivity contribution in [2.24, 2.45) is 5.92 Å². The number of anilines is 1. The first-order chi connectivity index (χ1) is 17.1. The van der Waals surface area contributed by atoms with Gasteiger partial charge in [-0.3, -0.25) is 4.79 Å². The Bertz CT molecular complexity index is 932. The molecule has 0 bridgehead atoms. The molecule has 3 rings (SSSR count). The van der Waals surface area contributed by atoms with Crippen LogP contribution < -0.4 is 21.0 Å². The number of rotatable bonds is 7. The Morgan fingerprint density at radius 2 is 1.73 bits per heavy atom. The average Bonchev–Trinajstić information content (AvgIpc) is 3.01. The van der Waals surface area contributed by atoms with Gasteiger partial charge in [-0.1, -0.05) is 13.8 Å². The third-order valence-corrected chi connectivity index (χ3v) is 7.20. The molecule has 206 valence electrons. The molecule has 10 nitrogen and oxygen atoms in total. The van der Waals surface area contributed by atoms with Crippen molar-refractivity contribution in [3.05, 3.63) is 12.4 Å². The fourth-order valence-corrected chi connectivity index (χ4v) is 4.35. The molecule has 0 unspecified atom stereocenters. The van der Waals surface area contributed by atoms with Crippen molar-refractivity contribution in [2.45, 2.75) is 110 Å². The van der Waals surface area contributed by atoms with Crippen molar-refractivity contribution in [1.82, 2.24) is 20.6 Å². The molecule has 37 heavy (non-hydrogen) atoms. The molecule has 0 spiro atoms. The molecule has 3 heterocycles. The van der Waals surface area contributed by atoms with Crippen LogP contribution in [-0.4, -0.2) is 71.1 Å². The quantitative estimate of drug-likeness (QED) is 0.531. The van der Waals surface area contributed by atoms with Gasteiger partial charge in [-0.15, -0.1) is 0 Å². The number of amides is 2. The molecule has 2 aliphatic heterocycles. The lowest BCUT2D eigenvalue weighted by atomic mass is 9.81. The third-order valence-electron chi connectivity index (χ3n) is 7.20. The maximum absolute atomic E-state index is 13.0. The Balaban J connectivity index is 1.63. The van der Waals surface area contributed by atoms with Gasteiger partial charge in [-0.25, -0.2) is 14.8 Å². The van der Waals surface area contributed by atoms with E-state index in [1.54, 1.807) is 33.2 Å². The second kappa shape index (κ2) is 11.1. The van der Waals surface area contributed by atoms with Crippen LogP contribution >= 0.6 is 0 Å². The van der Waals surface area contributed by atoms with E-state index in [9.17, 15) is 9.59 Å². The number of nitrogens with zero attached hydrogens (tertiary/aromatic N) is 3. The zero-order valence-corrected chi connectivity index (χ0v) is 23.9. The van der Waals surface area contributed by atoms with Crippen molar-refractivity contribution < 1.29 is 23.6 Å². The molecule has 2 fully saturated rings. The van der Waals surface area contributed by atoms with Crippen LogP contribution in [0.1, 0.15) is 81.6 Å². The van der Waals surface area contributed by atoms with Crippen LogP contribution in [0.3, 0.4) is 0 Å². The fourth-order valence-electron chi connectivity index (χ4n) is 4.35. The molecule has 0 aliphatic carbocycles. The molecule has 2 N–H and O–H groups in total. The van der Waals surface area contributed by atoms with Crippen molar-refractivity contribution in [2.75, 3.05) is 18.0 Å². The Morgan fingerprint density at radius 1 is 1.14 bits per heavy atom. The van der Waals surface area contributed by atoms with Crippen molar-refractivity contribution in [3.8, 4) is 0 Å². The monoisotopic (exact) mass is 517 g/mol. The predicted octanol–water partition coefficient (Wildman–Crippen LogP) is 2.80. The number of piperidine rings is 1. The summed E-state index contributed by atoms with van der Waals surface area (Å²) >= 11 is 0. The number of hydrogen-bond donors (Lipinski definition) is 2. The van der Waals surface area contributed by atoms with E-state index < -0.39 is 36.1 Å². The van der Waals surface area contributed by atoms with Gasteiger partial charge in [0.2, 0.25) is 11.9 Å². The highest BCUT2D eigenvalue weighted by atomic mass is 16.7. The number of carbonyl (C=O) groups is 2. The highest BCUT2D eigenvalue weighted by Gasteiger charge is 2.52. The van der Waals surface area contributed by atoms with Gasteiger partial charge >= 0.3 is 13.2 Å². The second-order valence-electron chi connectivity index (χ2n) is 12.4. The standard InChI is InChI=1S/C26H44BN5O5/c1-17(2)20(31-23(34)35-24(3,4)5)21(33)28-16-19-12-10-11-13-32(19)22-29-14-18(15-30-22)27-36-25(6,7)26(8,9)37-27/h14-15,17,19-20H,10-13,16H2,1-9H3,(H,28,33)(H,31,34)/t19-,20+/m1/s1. The minimum Gasteiger partial charge on any atom is -0.444 e. The summed E-state index contributed by atoms with van der Waals surface area (Å²) in [5, 5.41) is 5.74. The van der Waals surface area contributed by atoms with Gasteiger partial charge in [0.1, 0.15) is 11.6 Å². The summed E-state index contributed by atoms with van der Waals surface area (Å²) in [4.78, 5) is 36.7. The van der Waals surface area contributed by atoms with Crippen molar-refractivity contribution in [1.29, 1.82) is 0 Å². The summed E-state index contributed by atoms with van der Waals surface area (Å²) in [6.07, 6.45) is 5.92. The van der Waals surface area contributed by atoms with Crippen LogP contribution in [0.15, 0.2) is 12.4 Å². The molecule has 11 heteroatoms. The third kappa shape index (κ3) is 7.34. The van der Waals surface area contributed by atoms with Crippen LogP contribution in [0.4, 0.5) is 10.7 Å². The number of aromatic nitrogens is 2. The highest BCUT2D eigenvalue weighted by molar-refractivity contribution is 6.61. The molecule has 0 saturated carbocycles. The summed E-state index contributed by atoms with van der Waals surface area (Å²) in [6, 6.07) is -0.642. The number of alkyl carbamates (subject to hydrolysis) is 1. The van der Waals surface area contributed by atoms with Crippen molar-refractivity contribution >= 4 is 30.5 Å². The van der Waals surface area contributed by atoms with E-state index in [1.165, 1.54) is 0 Å². The molecule has 2 saturated heterocycles. The molecule has 2 amide bonds. The minimum absolute atomic E-state index is 0.0507. The average molecular weight is 517 g/mol. The lowest BCUT2D eigenvalue weighted by Gasteiger charge is -2.36. The minimum atomic E-state index is -0.692. The van der Waals surface area contributed by atoms with Gasteiger partial charge in [0, 0.05) is 37.0 Å². The number of ether oxygens (including phenoxy) is 1. The van der Waals surface area contributed by atoms with Crippen LogP contribution in [-0.2, 0) is 18.8 Å². The zero-order chi connectivity index (χ0) is 27.6. The van der Waals surface area contributed by atoms with Gasteiger partial charge in [0.15, 0.2) is 0 Å². The molecular weight excluding hydrogens is 473 g/mol. The normalized spacial score (nSPS) is 22.1. The molecule has 2 aliphatic rings. The molecular formula is C26H44BN5O5. The topological polar surface area (TPSA) is 115 Å². The van der Waals surface area contributed by atoms with Gasteiger partial charge in [0.05, 0.1) is 11.2 Å². The first-order valence-corrected chi connectivity index (χ1v) is 13.3. The molecule has 2 atom stereocenters. The maximum Gasteiger partial charge on any atom is 0.498 e. The van der Waals surface area contributed by atoms with Crippen molar-refractivity contribution in [3.63, 3.8) is 0 Å². The van der Waals surface area contributed by atoms with Crippen LogP contribution in [0, 0.1) is 5.92 Å². The van der Waals surface area contributed by atoms with Crippen LogP contribution in [0.25, 0.3) is 0 Å². The summed E-state index contributed by atoms with van der Waals surface area (Å²) in [6.45, 7) is 18.5. The van der Waals surface area contributed by atoms with Crippen LogP contribution in [0.2, 0.25) is 0 Å². The fraction of sp³-hybridized carbons (Fsp3) is 0.769. The summed E-state index contributed by atoms with van der Waals surface area (Å²) in [5.41, 5.74) is -0.725. The van der Waals surface area contributed by atoms with Gasteiger partial charge in [-0.2, -0.15) is 0 Å². The molecule has 1 aromatic heterocycles. The van der Waals surface area contributed by atoms with Gasteiger partial charge < -0.3 is 29.6 Å². The first-order valence-electron chi connectivity index (χ1n) is 13.3. The van der Waals surface area contributed by atoms with E-state index in [2.05, 4.69) is 25.5 Å². The number of carbonyl (C=O) groups excluding carboxylic acids is 2. The number of nitrogens with one attached hydrogen (secondary N) is 2. The summed E-state index contributed by atoms with van der Waals surface area (Å²) < 4.78 is 17.6. The Hall–Kier alpha value is -2.40. The maximum atomic E-state index is 13.0. The number of hydrogen-bond acceptors (Lipinski definition) is 8. The van der Waals surface area contributed by atoms with E-state index in [-0.39, 0.29) is 17.9 Å². The lowest BCUT2D eigenvalue weighted by Crippen LogP contribution is -2.54. The van der Waals surface area contributed by atoms with Crippen LogP contribution in [0.5, 0.6) is 0 Å². The first kappa shape index (κ1) is 29.2. The Morgan fingerprint density at radius 3 is 2.27 bits per heavy atom. The largest absolute Gasteiger partial charge is 0.498 e. The molecule has 1 aromatic rings.